The Labute approximate surface area is 105 Å². The van der Waals surface area contributed by atoms with E-state index in [1.165, 1.54) is 0 Å². The Morgan fingerprint density at radius 2 is 1.89 bits per heavy atom. The second-order valence-corrected chi connectivity index (χ2v) is 3.47. The molecule has 0 amide bonds. The summed E-state index contributed by atoms with van der Waals surface area (Å²) < 4.78 is 37.3. The summed E-state index contributed by atoms with van der Waals surface area (Å²) in [4.78, 5) is 13.4. The smallest absolute Gasteiger partial charge is 0.416 e. The van der Waals surface area contributed by atoms with E-state index in [-0.39, 0.29) is 23.3 Å². The van der Waals surface area contributed by atoms with E-state index in [2.05, 4.69) is 4.98 Å². The number of nitrogens with one attached hydrogen (secondary N) is 1. The molecule has 1 heterocycles. The minimum absolute atomic E-state index is 0. The fourth-order valence-electron chi connectivity index (χ4n) is 1.47. The predicted octanol–water partition coefficient (Wildman–Crippen LogP) is 2.26. The molecule has 0 aliphatic rings. The standard InChI is InChI=1S/C10H7F3N2O2.ClH/c11-10(12,13)4-1-2-5-6(3-4)15-9(17)7(14)8(5)16;/h1-3H,14H2,(H2,15,16,17);1H. The lowest BCUT2D eigenvalue weighted by molar-refractivity contribution is -0.137. The van der Waals surface area contributed by atoms with Crippen molar-refractivity contribution >= 4 is 29.0 Å². The molecule has 0 bridgehead atoms. The minimum Gasteiger partial charge on any atom is -0.505 e. The van der Waals surface area contributed by atoms with Crippen molar-refractivity contribution in [3.8, 4) is 5.75 Å². The number of H-pyrrole nitrogens is 1. The molecule has 0 radical (unpaired) electrons. The number of nitrogen functional groups attached to an aromatic ring is 1. The van der Waals surface area contributed by atoms with Crippen LogP contribution in [0.25, 0.3) is 10.9 Å². The summed E-state index contributed by atoms with van der Waals surface area (Å²) in [5.41, 5.74) is 2.99. The third-order valence-electron chi connectivity index (χ3n) is 2.35. The molecule has 0 saturated carbocycles. The number of benzene rings is 1. The van der Waals surface area contributed by atoms with Gasteiger partial charge in [-0.15, -0.1) is 12.4 Å². The number of fused-ring (bicyclic) bond motifs is 1. The number of aromatic amines is 1. The first-order valence-corrected chi connectivity index (χ1v) is 4.52. The normalized spacial score (nSPS) is 11.3. The molecule has 0 spiro atoms. The molecule has 0 fully saturated rings. The van der Waals surface area contributed by atoms with E-state index in [0.717, 1.165) is 18.2 Å². The van der Waals surface area contributed by atoms with Crippen LogP contribution in [0.1, 0.15) is 5.56 Å². The fraction of sp³-hybridized carbons (Fsp3) is 0.100. The summed E-state index contributed by atoms with van der Waals surface area (Å²) in [6, 6.07) is 2.61. The lowest BCUT2D eigenvalue weighted by atomic mass is 10.1. The van der Waals surface area contributed by atoms with Crippen LogP contribution in [0, 0.1) is 0 Å². The topological polar surface area (TPSA) is 79.1 Å². The van der Waals surface area contributed by atoms with Gasteiger partial charge in [0.05, 0.1) is 11.1 Å². The number of alkyl halides is 3. The van der Waals surface area contributed by atoms with Crippen LogP contribution in [0.2, 0.25) is 0 Å². The number of pyridine rings is 1. The van der Waals surface area contributed by atoms with Crippen molar-refractivity contribution in [2.75, 3.05) is 5.73 Å². The maximum atomic E-state index is 12.4. The van der Waals surface area contributed by atoms with Crippen LogP contribution < -0.4 is 11.3 Å². The van der Waals surface area contributed by atoms with Gasteiger partial charge in [-0.2, -0.15) is 13.2 Å². The van der Waals surface area contributed by atoms with E-state index < -0.39 is 28.7 Å². The molecule has 0 atom stereocenters. The highest BCUT2D eigenvalue weighted by Crippen LogP contribution is 2.33. The minimum atomic E-state index is -4.51. The van der Waals surface area contributed by atoms with Gasteiger partial charge in [-0.05, 0) is 18.2 Å². The van der Waals surface area contributed by atoms with Crippen LogP contribution >= 0.6 is 12.4 Å². The maximum absolute atomic E-state index is 12.4. The van der Waals surface area contributed by atoms with Crippen molar-refractivity contribution in [2.45, 2.75) is 6.18 Å². The van der Waals surface area contributed by atoms with Gasteiger partial charge in [-0.25, -0.2) is 0 Å². The number of hydrogen-bond donors (Lipinski definition) is 3. The monoisotopic (exact) mass is 280 g/mol. The van der Waals surface area contributed by atoms with E-state index in [0.29, 0.717) is 0 Å². The Kier molecular flexibility index (Phi) is 3.47. The highest BCUT2D eigenvalue weighted by Gasteiger charge is 2.30. The molecule has 1 aromatic heterocycles. The predicted molar refractivity (Wildman–Crippen MR) is 62.9 cm³/mol. The van der Waals surface area contributed by atoms with Gasteiger partial charge in [0.1, 0.15) is 5.69 Å². The first kappa shape index (κ1) is 14.2. The van der Waals surface area contributed by atoms with E-state index in [1.807, 2.05) is 0 Å². The molecule has 0 saturated heterocycles. The lowest BCUT2D eigenvalue weighted by Gasteiger charge is -2.09. The number of aromatic nitrogens is 1. The molecule has 1 aromatic carbocycles. The van der Waals surface area contributed by atoms with E-state index in [9.17, 15) is 23.1 Å². The Morgan fingerprint density at radius 1 is 1.28 bits per heavy atom. The zero-order chi connectivity index (χ0) is 12.8. The first-order chi connectivity index (χ1) is 7.80. The summed E-state index contributed by atoms with van der Waals surface area (Å²) >= 11 is 0. The molecule has 0 aliphatic heterocycles. The largest absolute Gasteiger partial charge is 0.505 e. The molecule has 4 N–H and O–H groups in total. The van der Waals surface area contributed by atoms with Crippen molar-refractivity contribution in [3.05, 3.63) is 34.1 Å². The molecule has 2 aromatic rings. The van der Waals surface area contributed by atoms with Gasteiger partial charge in [0.15, 0.2) is 5.75 Å². The van der Waals surface area contributed by atoms with E-state index in [1.54, 1.807) is 0 Å². The Balaban J connectivity index is 0.00000162. The maximum Gasteiger partial charge on any atom is 0.416 e. The Bertz CT molecular complexity index is 652. The van der Waals surface area contributed by atoms with Gasteiger partial charge in [0.25, 0.3) is 5.56 Å². The van der Waals surface area contributed by atoms with Gasteiger partial charge < -0.3 is 15.8 Å². The Morgan fingerprint density at radius 3 is 2.44 bits per heavy atom. The molecular weight excluding hydrogens is 273 g/mol. The quantitative estimate of drug-likeness (QED) is 0.692. The summed E-state index contributed by atoms with van der Waals surface area (Å²) in [5.74, 6) is -0.516. The van der Waals surface area contributed by atoms with Crippen LogP contribution in [0.5, 0.6) is 5.75 Å². The van der Waals surface area contributed by atoms with E-state index in [4.69, 9.17) is 5.73 Å². The van der Waals surface area contributed by atoms with Crippen LogP contribution in [-0.2, 0) is 6.18 Å². The van der Waals surface area contributed by atoms with Gasteiger partial charge >= 0.3 is 6.18 Å². The molecule has 18 heavy (non-hydrogen) atoms. The van der Waals surface area contributed by atoms with Crippen molar-refractivity contribution in [2.24, 2.45) is 0 Å². The van der Waals surface area contributed by atoms with Crippen LogP contribution in [-0.4, -0.2) is 10.1 Å². The van der Waals surface area contributed by atoms with Crippen molar-refractivity contribution in [3.63, 3.8) is 0 Å². The molecule has 0 unspecified atom stereocenters. The Hall–Kier alpha value is -1.89. The fourth-order valence-corrected chi connectivity index (χ4v) is 1.47. The number of aromatic hydroxyl groups is 1. The highest BCUT2D eigenvalue weighted by molar-refractivity contribution is 5.89. The third kappa shape index (κ3) is 2.21. The van der Waals surface area contributed by atoms with Crippen LogP contribution in [0.15, 0.2) is 23.0 Å². The summed E-state index contributed by atoms with van der Waals surface area (Å²) in [7, 11) is 0. The van der Waals surface area contributed by atoms with Crippen molar-refractivity contribution < 1.29 is 18.3 Å². The summed E-state index contributed by atoms with van der Waals surface area (Å²) in [5, 5.41) is 9.57. The molecule has 4 nitrogen and oxygen atoms in total. The van der Waals surface area contributed by atoms with Gasteiger partial charge in [0, 0.05) is 5.39 Å². The van der Waals surface area contributed by atoms with Crippen molar-refractivity contribution in [1.29, 1.82) is 0 Å². The molecule has 0 aliphatic carbocycles. The zero-order valence-corrected chi connectivity index (χ0v) is 9.52. The second kappa shape index (κ2) is 4.41. The lowest BCUT2D eigenvalue weighted by Crippen LogP contribution is -2.12. The van der Waals surface area contributed by atoms with Gasteiger partial charge in [0.2, 0.25) is 0 Å². The average molecular weight is 281 g/mol. The third-order valence-corrected chi connectivity index (χ3v) is 2.35. The number of anilines is 1. The molecule has 98 valence electrons. The SMILES string of the molecule is Cl.Nc1c(O)c2ccc(C(F)(F)F)cc2[nH]c1=O. The average Bonchev–Trinajstić information content (AvgIpc) is 2.24. The van der Waals surface area contributed by atoms with Crippen molar-refractivity contribution in [1.82, 2.24) is 4.98 Å². The second-order valence-electron chi connectivity index (χ2n) is 3.47. The summed E-state index contributed by atoms with van der Waals surface area (Å²) in [6.07, 6.45) is -4.51. The van der Waals surface area contributed by atoms with Gasteiger partial charge in [-0.1, -0.05) is 0 Å². The van der Waals surface area contributed by atoms with Gasteiger partial charge in [-0.3, -0.25) is 4.79 Å². The van der Waals surface area contributed by atoms with Crippen LogP contribution in [0.4, 0.5) is 18.9 Å². The number of rotatable bonds is 0. The molecular formula is C10H8ClF3N2O2. The molecule has 2 rings (SSSR count). The first-order valence-electron chi connectivity index (χ1n) is 4.52. The zero-order valence-electron chi connectivity index (χ0n) is 8.71. The summed E-state index contributed by atoms with van der Waals surface area (Å²) in [6.45, 7) is 0. The highest BCUT2D eigenvalue weighted by atomic mass is 35.5. The number of nitrogens with two attached hydrogens (primary N) is 1. The number of hydrogen-bond acceptors (Lipinski definition) is 3. The van der Waals surface area contributed by atoms with E-state index >= 15 is 0 Å². The van der Waals surface area contributed by atoms with Crippen LogP contribution in [0.3, 0.4) is 0 Å². The molecule has 8 heteroatoms. The number of halogens is 4.